The van der Waals surface area contributed by atoms with Crippen LogP contribution < -0.4 is 10.6 Å². The minimum absolute atomic E-state index is 0.178. The van der Waals surface area contributed by atoms with Gasteiger partial charge in [-0.05, 0) is 44.6 Å². The van der Waals surface area contributed by atoms with E-state index in [2.05, 4.69) is 17.6 Å². The van der Waals surface area contributed by atoms with Gasteiger partial charge in [-0.2, -0.15) is 0 Å². The number of carbonyl (C=O) groups is 1. The Morgan fingerprint density at radius 1 is 1.37 bits per heavy atom. The molecular weight excluding hydrogens is 240 g/mol. The Morgan fingerprint density at radius 3 is 3.00 bits per heavy atom. The first-order chi connectivity index (χ1) is 9.29. The maximum absolute atomic E-state index is 11.8. The first-order valence-corrected chi connectivity index (χ1v) is 7.91. The molecule has 4 nitrogen and oxygen atoms in total. The monoisotopic (exact) mass is 268 g/mol. The summed E-state index contributed by atoms with van der Waals surface area (Å²) in [5, 5.41) is 6.62. The standard InChI is InChI=1S/C15H28N2O2/c1-2-12-5-3-9-16-14(12)11-17-15(18)8-7-13-6-4-10-19-13/h12-14,16H,2-11H2,1H3,(H,17,18). The van der Waals surface area contributed by atoms with Crippen LogP contribution in [-0.4, -0.2) is 37.7 Å². The molecule has 2 N–H and O–H groups in total. The minimum atomic E-state index is 0.178. The lowest BCUT2D eigenvalue weighted by molar-refractivity contribution is -0.121. The van der Waals surface area contributed by atoms with Crippen molar-refractivity contribution in [2.45, 2.75) is 64.0 Å². The van der Waals surface area contributed by atoms with Crippen molar-refractivity contribution >= 4 is 5.91 Å². The fourth-order valence-electron chi connectivity index (χ4n) is 3.22. The van der Waals surface area contributed by atoms with E-state index in [0.29, 0.717) is 24.5 Å². The van der Waals surface area contributed by atoms with Crippen LogP contribution in [0, 0.1) is 5.92 Å². The molecule has 0 aromatic carbocycles. The predicted molar refractivity (Wildman–Crippen MR) is 76.0 cm³/mol. The zero-order valence-corrected chi connectivity index (χ0v) is 12.1. The van der Waals surface area contributed by atoms with Crippen molar-refractivity contribution in [3.63, 3.8) is 0 Å². The second kappa shape index (κ2) is 7.85. The van der Waals surface area contributed by atoms with Crippen LogP contribution in [0.5, 0.6) is 0 Å². The van der Waals surface area contributed by atoms with Gasteiger partial charge >= 0.3 is 0 Å². The molecule has 0 radical (unpaired) electrons. The van der Waals surface area contributed by atoms with E-state index in [9.17, 15) is 4.79 Å². The van der Waals surface area contributed by atoms with Crippen molar-refractivity contribution in [1.29, 1.82) is 0 Å². The molecule has 2 saturated heterocycles. The van der Waals surface area contributed by atoms with Crippen LogP contribution in [0.4, 0.5) is 0 Å². The Kier molecular flexibility index (Phi) is 6.11. The van der Waals surface area contributed by atoms with Crippen LogP contribution >= 0.6 is 0 Å². The average Bonchev–Trinajstić information content (AvgIpc) is 2.96. The summed E-state index contributed by atoms with van der Waals surface area (Å²) in [6, 6.07) is 0.463. The number of piperidine rings is 1. The molecule has 0 aromatic heterocycles. The van der Waals surface area contributed by atoms with Crippen molar-refractivity contribution in [3.8, 4) is 0 Å². The summed E-state index contributed by atoms with van der Waals surface area (Å²) < 4.78 is 5.54. The third-order valence-electron chi connectivity index (χ3n) is 4.49. The van der Waals surface area contributed by atoms with Crippen LogP contribution in [-0.2, 0) is 9.53 Å². The Labute approximate surface area is 116 Å². The number of amides is 1. The normalized spacial score (nSPS) is 31.3. The van der Waals surface area contributed by atoms with E-state index in [1.54, 1.807) is 0 Å². The molecule has 2 rings (SSSR count). The highest BCUT2D eigenvalue weighted by Gasteiger charge is 2.23. The van der Waals surface area contributed by atoms with E-state index in [-0.39, 0.29) is 5.91 Å². The van der Waals surface area contributed by atoms with Crippen LogP contribution in [0.25, 0.3) is 0 Å². The molecule has 19 heavy (non-hydrogen) atoms. The summed E-state index contributed by atoms with van der Waals surface area (Å²) in [7, 11) is 0. The zero-order chi connectivity index (χ0) is 13.5. The van der Waals surface area contributed by atoms with Crippen molar-refractivity contribution in [1.82, 2.24) is 10.6 Å². The van der Waals surface area contributed by atoms with Gasteiger partial charge in [0.25, 0.3) is 0 Å². The first-order valence-electron chi connectivity index (χ1n) is 7.91. The van der Waals surface area contributed by atoms with E-state index in [1.807, 2.05) is 0 Å². The van der Waals surface area contributed by atoms with Crippen LogP contribution in [0.3, 0.4) is 0 Å². The van der Waals surface area contributed by atoms with E-state index in [0.717, 1.165) is 39.0 Å². The van der Waals surface area contributed by atoms with E-state index >= 15 is 0 Å². The molecule has 0 bridgehead atoms. The fraction of sp³-hybridized carbons (Fsp3) is 0.933. The molecule has 110 valence electrons. The molecule has 2 fully saturated rings. The summed E-state index contributed by atoms with van der Waals surface area (Å²) in [5.41, 5.74) is 0. The Hall–Kier alpha value is -0.610. The van der Waals surface area contributed by atoms with Gasteiger partial charge in [0.05, 0.1) is 6.10 Å². The van der Waals surface area contributed by atoms with Gasteiger partial charge < -0.3 is 15.4 Å². The van der Waals surface area contributed by atoms with Gasteiger partial charge in [0.1, 0.15) is 0 Å². The van der Waals surface area contributed by atoms with Gasteiger partial charge in [-0.15, -0.1) is 0 Å². The van der Waals surface area contributed by atoms with Gasteiger partial charge in [0.15, 0.2) is 0 Å². The van der Waals surface area contributed by atoms with Gasteiger partial charge in [-0.25, -0.2) is 0 Å². The lowest BCUT2D eigenvalue weighted by Gasteiger charge is -2.32. The Bertz CT molecular complexity index is 277. The second-order valence-electron chi connectivity index (χ2n) is 5.85. The van der Waals surface area contributed by atoms with Crippen LogP contribution in [0.1, 0.15) is 51.9 Å². The molecule has 2 heterocycles. The summed E-state index contributed by atoms with van der Waals surface area (Å²) in [5.74, 6) is 0.893. The Morgan fingerprint density at radius 2 is 2.26 bits per heavy atom. The molecule has 2 aliphatic rings. The molecule has 4 heteroatoms. The minimum Gasteiger partial charge on any atom is -0.378 e. The fourth-order valence-corrected chi connectivity index (χ4v) is 3.22. The van der Waals surface area contributed by atoms with Gasteiger partial charge in [-0.1, -0.05) is 13.3 Å². The quantitative estimate of drug-likeness (QED) is 0.773. The highest BCUT2D eigenvalue weighted by molar-refractivity contribution is 5.75. The summed E-state index contributed by atoms with van der Waals surface area (Å²) >= 11 is 0. The van der Waals surface area contributed by atoms with Crippen molar-refractivity contribution in [3.05, 3.63) is 0 Å². The molecule has 2 aliphatic heterocycles. The number of ether oxygens (including phenoxy) is 1. The maximum Gasteiger partial charge on any atom is 0.220 e. The summed E-state index contributed by atoms with van der Waals surface area (Å²) in [4.78, 5) is 11.8. The first kappa shape index (κ1) is 14.8. The predicted octanol–water partition coefficient (Wildman–Crippen LogP) is 1.84. The SMILES string of the molecule is CCC1CCCNC1CNC(=O)CCC1CCCO1. The Balaban J connectivity index is 1.61. The second-order valence-corrected chi connectivity index (χ2v) is 5.85. The number of rotatable bonds is 6. The molecule has 0 spiro atoms. The molecule has 0 saturated carbocycles. The zero-order valence-electron chi connectivity index (χ0n) is 12.1. The third-order valence-corrected chi connectivity index (χ3v) is 4.49. The molecule has 0 aliphatic carbocycles. The lowest BCUT2D eigenvalue weighted by atomic mass is 9.88. The van der Waals surface area contributed by atoms with Crippen molar-refractivity contribution in [2.24, 2.45) is 5.92 Å². The highest BCUT2D eigenvalue weighted by atomic mass is 16.5. The number of carbonyl (C=O) groups excluding carboxylic acids is 1. The number of nitrogens with one attached hydrogen (secondary N) is 2. The lowest BCUT2D eigenvalue weighted by Crippen LogP contribution is -2.48. The topological polar surface area (TPSA) is 50.4 Å². The highest BCUT2D eigenvalue weighted by Crippen LogP contribution is 2.19. The molecule has 3 atom stereocenters. The average molecular weight is 268 g/mol. The summed E-state index contributed by atoms with van der Waals surface area (Å²) in [6.07, 6.45) is 7.83. The van der Waals surface area contributed by atoms with Crippen LogP contribution in [0.15, 0.2) is 0 Å². The summed E-state index contributed by atoms with van der Waals surface area (Å²) in [6.45, 7) is 4.98. The molecular formula is C15H28N2O2. The van der Waals surface area contributed by atoms with E-state index < -0.39 is 0 Å². The third kappa shape index (κ3) is 4.77. The molecule has 0 aromatic rings. The van der Waals surface area contributed by atoms with E-state index in [1.165, 1.54) is 19.3 Å². The largest absolute Gasteiger partial charge is 0.378 e. The number of hydrogen-bond acceptors (Lipinski definition) is 3. The molecule has 1 amide bonds. The number of hydrogen-bond donors (Lipinski definition) is 2. The smallest absolute Gasteiger partial charge is 0.220 e. The van der Waals surface area contributed by atoms with Crippen molar-refractivity contribution in [2.75, 3.05) is 19.7 Å². The van der Waals surface area contributed by atoms with E-state index in [4.69, 9.17) is 4.74 Å². The van der Waals surface area contributed by atoms with Gasteiger partial charge in [0, 0.05) is 25.6 Å². The maximum atomic E-state index is 11.8. The van der Waals surface area contributed by atoms with Crippen molar-refractivity contribution < 1.29 is 9.53 Å². The van der Waals surface area contributed by atoms with Crippen LogP contribution in [0.2, 0.25) is 0 Å². The van der Waals surface area contributed by atoms with Gasteiger partial charge in [-0.3, -0.25) is 4.79 Å². The van der Waals surface area contributed by atoms with Gasteiger partial charge in [0.2, 0.25) is 5.91 Å². The molecule has 3 unspecified atom stereocenters.